The Morgan fingerprint density at radius 1 is 1.03 bits per heavy atom. The van der Waals surface area contributed by atoms with Crippen LogP contribution in [0.3, 0.4) is 0 Å². The highest BCUT2D eigenvalue weighted by Crippen LogP contribution is 2.36. The third-order valence-electron chi connectivity index (χ3n) is 4.98. The van der Waals surface area contributed by atoms with Crippen LogP contribution in [-0.2, 0) is 9.53 Å². The van der Waals surface area contributed by atoms with Gasteiger partial charge in [0.1, 0.15) is 5.75 Å². The van der Waals surface area contributed by atoms with E-state index in [1.807, 2.05) is 29.2 Å². The second kappa shape index (κ2) is 9.32. The van der Waals surface area contributed by atoms with Crippen LogP contribution in [0.4, 0.5) is 0 Å². The third kappa shape index (κ3) is 4.62. The van der Waals surface area contributed by atoms with Crippen LogP contribution in [0, 0.1) is 0 Å². The van der Waals surface area contributed by atoms with Gasteiger partial charge in [-0.3, -0.25) is 4.79 Å². The highest BCUT2D eigenvalue weighted by molar-refractivity contribution is 5.95. The molecule has 7 nitrogen and oxygen atoms in total. The van der Waals surface area contributed by atoms with E-state index in [2.05, 4.69) is 4.74 Å². The Morgan fingerprint density at radius 3 is 2.59 bits per heavy atom. The van der Waals surface area contributed by atoms with Gasteiger partial charge in [0.25, 0.3) is 5.91 Å². The predicted molar refractivity (Wildman–Crippen MR) is 107 cm³/mol. The SMILES string of the molecule is COC(=O)COc1ccc(C(=O)N2CCCC2c2cccc(OC)c2)cc1OC. The zero-order valence-corrected chi connectivity index (χ0v) is 16.8. The van der Waals surface area contributed by atoms with Gasteiger partial charge < -0.3 is 23.8 Å². The van der Waals surface area contributed by atoms with Crippen LogP contribution in [0.1, 0.15) is 34.8 Å². The van der Waals surface area contributed by atoms with Gasteiger partial charge in [0.15, 0.2) is 18.1 Å². The number of carbonyl (C=O) groups excluding carboxylic acids is 2. The topological polar surface area (TPSA) is 74.3 Å². The summed E-state index contributed by atoms with van der Waals surface area (Å²) in [6.45, 7) is 0.452. The fourth-order valence-electron chi connectivity index (χ4n) is 3.49. The monoisotopic (exact) mass is 399 g/mol. The Balaban J connectivity index is 1.80. The van der Waals surface area contributed by atoms with Crippen molar-refractivity contribution in [3.05, 3.63) is 53.6 Å². The number of carbonyl (C=O) groups is 2. The number of rotatable bonds is 7. The van der Waals surface area contributed by atoms with E-state index < -0.39 is 5.97 Å². The van der Waals surface area contributed by atoms with E-state index in [1.165, 1.54) is 14.2 Å². The molecule has 1 saturated heterocycles. The molecule has 1 fully saturated rings. The fourth-order valence-corrected chi connectivity index (χ4v) is 3.49. The molecule has 1 amide bonds. The highest BCUT2D eigenvalue weighted by Gasteiger charge is 2.31. The Hall–Kier alpha value is -3.22. The molecule has 0 spiro atoms. The second-order valence-corrected chi connectivity index (χ2v) is 6.66. The average Bonchev–Trinajstić information content (AvgIpc) is 3.26. The first-order valence-electron chi connectivity index (χ1n) is 9.40. The van der Waals surface area contributed by atoms with Crippen molar-refractivity contribution in [3.63, 3.8) is 0 Å². The summed E-state index contributed by atoms with van der Waals surface area (Å²) in [5.74, 6) is 0.964. The first kappa shape index (κ1) is 20.5. The predicted octanol–water partition coefficient (Wildman–Crippen LogP) is 3.23. The van der Waals surface area contributed by atoms with Crippen molar-refractivity contribution in [2.24, 2.45) is 0 Å². The molecule has 1 atom stereocenters. The van der Waals surface area contributed by atoms with Gasteiger partial charge in [-0.05, 0) is 48.7 Å². The average molecular weight is 399 g/mol. The molecule has 2 aromatic carbocycles. The fraction of sp³-hybridized carbons (Fsp3) is 0.364. The molecule has 0 saturated carbocycles. The maximum atomic E-state index is 13.2. The lowest BCUT2D eigenvalue weighted by Crippen LogP contribution is -2.30. The Labute approximate surface area is 170 Å². The lowest BCUT2D eigenvalue weighted by Gasteiger charge is -2.26. The molecule has 1 unspecified atom stereocenters. The number of nitrogens with zero attached hydrogens (tertiary/aromatic N) is 1. The minimum atomic E-state index is -0.495. The lowest BCUT2D eigenvalue weighted by molar-refractivity contribution is -0.142. The van der Waals surface area contributed by atoms with Gasteiger partial charge >= 0.3 is 5.97 Å². The normalized spacial score (nSPS) is 15.7. The Bertz CT molecular complexity index is 881. The van der Waals surface area contributed by atoms with Gasteiger partial charge in [0.2, 0.25) is 0 Å². The van der Waals surface area contributed by atoms with E-state index in [-0.39, 0.29) is 18.6 Å². The van der Waals surface area contributed by atoms with Crippen molar-refractivity contribution < 1.29 is 28.5 Å². The molecule has 0 aliphatic carbocycles. The quantitative estimate of drug-likeness (QED) is 0.666. The molecule has 0 bridgehead atoms. The summed E-state index contributed by atoms with van der Waals surface area (Å²) in [4.78, 5) is 26.4. The van der Waals surface area contributed by atoms with Gasteiger partial charge in [0.05, 0.1) is 27.4 Å². The standard InChI is InChI=1S/C22H25NO6/c1-26-17-7-4-6-15(12-17)18-8-5-11-23(18)22(25)16-9-10-19(20(13-16)27-2)29-14-21(24)28-3/h4,6-7,9-10,12-13,18H,5,8,11,14H2,1-3H3. The summed E-state index contributed by atoms with van der Waals surface area (Å²) in [5.41, 5.74) is 1.56. The van der Waals surface area contributed by atoms with Crippen LogP contribution in [0.25, 0.3) is 0 Å². The number of amides is 1. The van der Waals surface area contributed by atoms with Crippen molar-refractivity contribution in [2.75, 3.05) is 34.5 Å². The van der Waals surface area contributed by atoms with Gasteiger partial charge in [0, 0.05) is 12.1 Å². The van der Waals surface area contributed by atoms with Crippen LogP contribution in [0.5, 0.6) is 17.2 Å². The molecule has 29 heavy (non-hydrogen) atoms. The van der Waals surface area contributed by atoms with E-state index in [9.17, 15) is 9.59 Å². The number of hydrogen-bond acceptors (Lipinski definition) is 6. The molecule has 0 radical (unpaired) electrons. The molecule has 0 aromatic heterocycles. The number of esters is 1. The van der Waals surface area contributed by atoms with Crippen molar-refractivity contribution in [1.29, 1.82) is 0 Å². The van der Waals surface area contributed by atoms with Crippen molar-refractivity contribution in [1.82, 2.24) is 4.90 Å². The van der Waals surface area contributed by atoms with E-state index in [1.54, 1.807) is 25.3 Å². The number of likely N-dealkylation sites (tertiary alicyclic amines) is 1. The zero-order valence-electron chi connectivity index (χ0n) is 16.8. The molecule has 3 rings (SSSR count). The van der Waals surface area contributed by atoms with Gasteiger partial charge in [-0.15, -0.1) is 0 Å². The van der Waals surface area contributed by atoms with E-state index in [0.717, 1.165) is 24.2 Å². The van der Waals surface area contributed by atoms with Crippen LogP contribution in [0.2, 0.25) is 0 Å². The van der Waals surface area contributed by atoms with Crippen molar-refractivity contribution in [3.8, 4) is 17.2 Å². The van der Waals surface area contributed by atoms with Crippen LogP contribution >= 0.6 is 0 Å². The number of benzene rings is 2. The minimum absolute atomic E-state index is 0.00107. The number of ether oxygens (including phenoxy) is 4. The summed E-state index contributed by atoms with van der Waals surface area (Å²) >= 11 is 0. The second-order valence-electron chi connectivity index (χ2n) is 6.66. The maximum absolute atomic E-state index is 13.2. The third-order valence-corrected chi connectivity index (χ3v) is 4.98. The molecule has 1 heterocycles. The van der Waals surface area contributed by atoms with E-state index in [0.29, 0.717) is 23.6 Å². The first-order chi connectivity index (χ1) is 14.1. The van der Waals surface area contributed by atoms with E-state index in [4.69, 9.17) is 14.2 Å². The highest BCUT2D eigenvalue weighted by atomic mass is 16.6. The van der Waals surface area contributed by atoms with Gasteiger partial charge in [-0.1, -0.05) is 12.1 Å². The summed E-state index contributed by atoms with van der Waals surface area (Å²) in [6.07, 6.45) is 1.83. The zero-order chi connectivity index (χ0) is 20.8. The van der Waals surface area contributed by atoms with Crippen LogP contribution in [0.15, 0.2) is 42.5 Å². The lowest BCUT2D eigenvalue weighted by atomic mass is 10.0. The molecule has 7 heteroatoms. The molecule has 1 aliphatic rings. The molecule has 154 valence electrons. The summed E-state index contributed by atoms with van der Waals surface area (Å²) in [6, 6.07) is 12.8. The summed E-state index contributed by atoms with van der Waals surface area (Å²) in [5, 5.41) is 0. The molecule has 2 aromatic rings. The first-order valence-corrected chi connectivity index (χ1v) is 9.40. The van der Waals surface area contributed by atoms with Crippen LogP contribution < -0.4 is 14.2 Å². The Morgan fingerprint density at radius 2 is 1.86 bits per heavy atom. The number of methoxy groups -OCH3 is 3. The molecule has 1 aliphatic heterocycles. The number of hydrogen-bond donors (Lipinski definition) is 0. The van der Waals surface area contributed by atoms with Crippen LogP contribution in [-0.4, -0.2) is 51.3 Å². The molecular formula is C22H25NO6. The largest absolute Gasteiger partial charge is 0.497 e. The smallest absolute Gasteiger partial charge is 0.343 e. The Kier molecular flexibility index (Phi) is 6.59. The maximum Gasteiger partial charge on any atom is 0.343 e. The minimum Gasteiger partial charge on any atom is -0.497 e. The summed E-state index contributed by atoms with van der Waals surface area (Å²) < 4.78 is 20.7. The van der Waals surface area contributed by atoms with Gasteiger partial charge in [-0.25, -0.2) is 4.79 Å². The molecular weight excluding hydrogens is 374 g/mol. The van der Waals surface area contributed by atoms with Crippen molar-refractivity contribution >= 4 is 11.9 Å². The van der Waals surface area contributed by atoms with E-state index >= 15 is 0 Å². The summed E-state index contributed by atoms with van der Waals surface area (Å²) in [7, 11) is 4.41. The van der Waals surface area contributed by atoms with Gasteiger partial charge in [-0.2, -0.15) is 0 Å². The molecule has 0 N–H and O–H groups in total. The van der Waals surface area contributed by atoms with Crippen molar-refractivity contribution in [2.45, 2.75) is 18.9 Å².